The van der Waals surface area contributed by atoms with Gasteiger partial charge >= 0.3 is 11.9 Å². The van der Waals surface area contributed by atoms with Crippen molar-refractivity contribution >= 4 is 34.6 Å². The first kappa shape index (κ1) is 18.4. The van der Waals surface area contributed by atoms with Crippen LogP contribution in [0.1, 0.15) is 11.4 Å². The van der Waals surface area contributed by atoms with Gasteiger partial charge in [0.05, 0.1) is 17.6 Å². The largest absolute Gasteiger partial charge is 0.473 e. The van der Waals surface area contributed by atoms with Crippen LogP contribution in [0.5, 0.6) is 0 Å². The molecule has 130 valence electrons. The predicted octanol–water partition coefficient (Wildman–Crippen LogP) is 2.66. The van der Waals surface area contributed by atoms with Gasteiger partial charge in [-0.1, -0.05) is 41.9 Å². The van der Waals surface area contributed by atoms with Crippen LogP contribution in [-0.4, -0.2) is 32.1 Å². The van der Waals surface area contributed by atoms with Gasteiger partial charge in [0.1, 0.15) is 5.82 Å². The van der Waals surface area contributed by atoms with Gasteiger partial charge in [0.25, 0.3) is 0 Å². The summed E-state index contributed by atoms with van der Waals surface area (Å²) in [6, 6.07) is 15.9. The van der Waals surface area contributed by atoms with E-state index in [1.165, 1.54) is 0 Å². The Kier molecular flexibility index (Phi) is 6.50. The molecule has 4 N–H and O–H groups in total. The van der Waals surface area contributed by atoms with Crippen LogP contribution in [-0.2, 0) is 22.7 Å². The first-order valence-electron chi connectivity index (χ1n) is 7.31. The first-order valence-corrected chi connectivity index (χ1v) is 7.69. The zero-order chi connectivity index (χ0) is 18.2. The predicted molar refractivity (Wildman–Crippen MR) is 93.4 cm³/mol. The van der Waals surface area contributed by atoms with Crippen molar-refractivity contribution in [3.8, 4) is 0 Å². The molecule has 2 aromatic carbocycles. The molecular weight excluding hydrogens is 346 g/mol. The topological polar surface area (TPSA) is 115 Å². The lowest BCUT2D eigenvalue weighted by Crippen LogP contribution is -2.13. The maximum atomic E-state index is 9.10. The van der Waals surface area contributed by atoms with Crippen LogP contribution in [0, 0.1) is 0 Å². The smallest absolute Gasteiger partial charge is 0.414 e. The number of fused-ring (bicyclic) bond motifs is 1. The van der Waals surface area contributed by atoms with E-state index in [0.29, 0.717) is 6.54 Å². The summed E-state index contributed by atoms with van der Waals surface area (Å²) in [6.07, 6.45) is 0. The fraction of sp³-hybridized carbons (Fsp3) is 0.118. The average molecular weight is 362 g/mol. The third-order valence-electron chi connectivity index (χ3n) is 3.19. The number of nitrogens with one attached hydrogen (secondary N) is 2. The van der Waals surface area contributed by atoms with Gasteiger partial charge < -0.3 is 20.5 Å². The van der Waals surface area contributed by atoms with Gasteiger partial charge in [0.15, 0.2) is 0 Å². The van der Waals surface area contributed by atoms with Gasteiger partial charge in [-0.2, -0.15) is 0 Å². The third-order valence-corrected chi connectivity index (χ3v) is 3.56. The molecule has 0 saturated heterocycles. The van der Waals surface area contributed by atoms with Gasteiger partial charge in [0, 0.05) is 11.6 Å². The molecule has 25 heavy (non-hydrogen) atoms. The summed E-state index contributed by atoms with van der Waals surface area (Å²) < 4.78 is 0. The molecule has 0 aliphatic rings. The number of aromatic nitrogens is 2. The molecule has 1 heterocycles. The fourth-order valence-corrected chi connectivity index (χ4v) is 2.25. The average Bonchev–Trinajstić information content (AvgIpc) is 3.00. The molecule has 7 nitrogen and oxygen atoms in total. The molecule has 0 saturated carbocycles. The maximum Gasteiger partial charge on any atom is 0.414 e. The van der Waals surface area contributed by atoms with Gasteiger partial charge in [-0.25, -0.2) is 14.6 Å². The van der Waals surface area contributed by atoms with E-state index in [9.17, 15) is 0 Å². The molecule has 3 rings (SSSR count). The Morgan fingerprint density at radius 3 is 2.28 bits per heavy atom. The second-order valence-corrected chi connectivity index (χ2v) is 5.41. The van der Waals surface area contributed by atoms with E-state index in [0.717, 1.165) is 34.0 Å². The van der Waals surface area contributed by atoms with Crippen molar-refractivity contribution in [2.45, 2.75) is 13.1 Å². The van der Waals surface area contributed by atoms with Crippen LogP contribution in [0.2, 0.25) is 5.02 Å². The lowest BCUT2D eigenvalue weighted by molar-refractivity contribution is -0.159. The highest BCUT2D eigenvalue weighted by molar-refractivity contribution is 6.31. The molecule has 0 aliphatic carbocycles. The van der Waals surface area contributed by atoms with Crippen LogP contribution in [0.3, 0.4) is 0 Å². The minimum absolute atomic E-state index is 0.694. The minimum atomic E-state index is -1.82. The highest BCUT2D eigenvalue weighted by atomic mass is 35.5. The highest BCUT2D eigenvalue weighted by Crippen LogP contribution is 2.15. The Morgan fingerprint density at radius 2 is 1.64 bits per heavy atom. The summed E-state index contributed by atoms with van der Waals surface area (Å²) in [7, 11) is 0. The standard InChI is InChI=1S/C15H14ClN3.C2H2O4/c16-12-6-2-1-5-11(12)9-17-10-15-18-13-7-3-4-8-14(13)19-15;3-1(4)2(5)6/h1-8,17H,9-10H2,(H,18,19);(H,3,4)(H,5,6). The highest BCUT2D eigenvalue weighted by Gasteiger charge is 2.04. The van der Waals surface area contributed by atoms with Crippen LogP contribution in [0.15, 0.2) is 48.5 Å². The molecule has 0 spiro atoms. The number of carbonyl (C=O) groups is 2. The Hall–Kier alpha value is -2.90. The Morgan fingerprint density at radius 1 is 1.00 bits per heavy atom. The zero-order valence-electron chi connectivity index (χ0n) is 13.1. The normalized spacial score (nSPS) is 10.1. The Balaban J connectivity index is 0.000000326. The molecule has 3 aromatic rings. The summed E-state index contributed by atoms with van der Waals surface area (Å²) in [5.74, 6) is -2.71. The van der Waals surface area contributed by atoms with Gasteiger partial charge in [-0.05, 0) is 23.8 Å². The maximum absolute atomic E-state index is 9.10. The zero-order valence-corrected chi connectivity index (χ0v) is 13.8. The number of imidazole rings is 1. The van der Waals surface area contributed by atoms with E-state index in [4.69, 9.17) is 31.4 Å². The minimum Gasteiger partial charge on any atom is -0.473 e. The number of rotatable bonds is 4. The molecular formula is C17H16ClN3O4. The number of benzene rings is 2. The molecule has 8 heteroatoms. The third kappa shape index (κ3) is 5.59. The van der Waals surface area contributed by atoms with Gasteiger partial charge in [-0.3, -0.25) is 0 Å². The number of halogens is 1. The van der Waals surface area contributed by atoms with E-state index >= 15 is 0 Å². The molecule has 0 fully saturated rings. The SMILES string of the molecule is Clc1ccccc1CNCc1nc2ccccc2[nH]1.O=C(O)C(=O)O. The number of carboxylic acid groups (broad SMARTS) is 2. The molecule has 0 radical (unpaired) electrons. The molecule has 0 amide bonds. The van der Waals surface area contributed by atoms with E-state index in [1.54, 1.807) is 0 Å². The Bertz CT molecular complexity index is 834. The van der Waals surface area contributed by atoms with Crippen molar-refractivity contribution < 1.29 is 19.8 Å². The number of nitrogens with zero attached hydrogens (tertiary/aromatic N) is 1. The number of aromatic amines is 1. The molecule has 0 aliphatic heterocycles. The van der Waals surface area contributed by atoms with E-state index < -0.39 is 11.9 Å². The number of hydrogen-bond donors (Lipinski definition) is 4. The van der Waals surface area contributed by atoms with Crippen molar-refractivity contribution in [3.05, 3.63) is 64.9 Å². The lowest BCUT2D eigenvalue weighted by atomic mass is 10.2. The van der Waals surface area contributed by atoms with E-state index in [1.807, 2.05) is 48.5 Å². The summed E-state index contributed by atoms with van der Waals surface area (Å²) in [5.41, 5.74) is 3.16. The Labute approximate surface area is 148 Å². The summed E-state index contributed by atoms with van der Waals surface area (Å²) >= 11 is 6.11. The molecule has 0 bridgehead atoms. The van der Waals surface area contributed by atoms with Crippen LogP contribution >= 0.6 is 11.6 Å². The first-order chi connectivity index (χ1) is 12.0. The van der Waals surface area contributed by atoms with Gasteiger partial charge in [0.2, 0.25) is 0 Å². The summed E-state index contributed by atoms with van der Waals surface area (Å²) in [6.45, 7) is 1.43. The monoisotopic (exact) mass is 361 g/mol. The van der Waals surface area contributed by atoms with Crippen molar-refractivity contribution in [3.63, 3.8) is 0 Å². The second-order valence-electron chi connectivity index (χ2n) is 5.01. The van der Waals surface area contributed by atoms with Crippen LogP contribution in [0.4, 0.5) is 0 Å². The van der Waals surface area contributed by atoms with Crippen LogP contribution < -0.4 is 5.32 Å². The van der Waals surface area contributed by atoms with E-state index in [2.05, 4.69) is 15.3 Å². The van der Waals surface area contributed by atoms with E-state index in [-0.39, 0.29) is 0 Å². The fourth-order valence-electron chi connectivity index (χ4n) is 2.05. The number of H-pyrrole nitrogens is 1. The molecule has 0 atom stereocenters. The van der Waals surface area contributed by atoms with Crippen molar-refractivity contribution in [2.75, 3.05) is 0 Å². The number of aliphatic carboxylic acids is 2. The second kappa shape index (κ2) is 8.81. The summed E-state index contributed by atoms with van der Waals surface area (Å²) in [4.78, 5) is 26.0. The number of para-hydroxylation sites is 2. The number of carboxylic acids is 2. The van der Waals surface area contributed by atoms with Crippen LogP contribution in [0.25, 0.3) is 11.0 Å². The quantitative estimate of drug-likeness (QED) is 0.531. The molecule has 0 unspecified atom stereocenters. The lowest BCUT2D eigenvalue weighted by Gasteiger charge is -2.04. The number of hydrogen-bond acceptors (Lipinski definition) is 4. The van der Waals surface area contributed by atoms with Gasteiger partial charge in [-0.15, -0.1) is 0 Å². The molecule has 1 aromatic heterocycles. The van der Waals surface area contributed by atoms with Crippen molar-refractivity contribution in [2.24, 2.45) is 0 Å². The van der Waals surface area contributed by atoms with Crippen molar-refractivity contribution in [1.82, 2.24) is 15.3 Å². The van der Waals surface area contributed by atoms with Crippen molar-refractivity contribution in [1.29, 1.82) is 0 Å². The summed E-state index contributed by atoms with van der Waals surface area (Å²) in [5, 5.41) is 18.9.